The number of rotatable bonds is 11. The number of methoxy groups -OCH3 is 2. The molecule has 1 aromatic heterocycles. The summed E-state index contributed by atoms with van der Waals surface area (Å²) in [5.41, 5.74) is 0.647. The van der Waals surface area contributed by atoms with E-state index in [0.717, 1.165) is 10.1 Å². The van der Waals surface area contributed by atoms with E-state index in [9.17, 15) is 19.2 Å². The number of ether oxygens (including phenoxy) is 6. The van der Waals surface area contributed by atoms with E-state index in [-0.39, 0.29) is 25.3 Å². The molecule has 0 bridgehead atoms. The van der Waals surface area contributed by atoms with E-state index in [0.29, 0.717) is 17.1 Å². The van der Waals surface area contributed by atoms with E-state index in [1.807, 2.05) is 12.1 Å². The van der Waals surface area contributed by atoms with E-state index in [1.54, 1.807) is 57.5 Å². The third kappa shape index (κ3) is 7.07. The lowest BCUT2D eigenvalue weighted by Gasteiger charge is -2.24. The van der Waals surface area contributed by atoms with Gasteiger partial charge in [0.1, 0.15) is 17.6 Å². The Bertz CT molecular complexity index is 1510. The Hall–Kier alpha value is -4.42. The molecule has 1 saturated heterocycles. The van der Waals surface area contributed by atoms with Crippen molar-refractivity contribution in [1.29, 1.82) is 0 Å². The Morgan fingerprint density at radius 2 is 1.38 bits per heavy atom. The van der Waals surface area contributed by atoms with Crippen LogP contribution in [0.25, 0.3) is 0 Å². The highest BCUT2D eigenvalue weighted by atomic mass is 16.7. The fraction of sp³-hybridized carbons (Fsp3) is 0.400. The van der Waals surface area contributed by atoms with Crippen molar-refractivity contribution in [2.75, 3.05) is 20.8 Å². The van der Waals surface area contributed by atoms with Crippen molar-refractivity contribution < 1.29 is 38.0 Å². The molecular weight excluding hydrogens is 548 g/mol. The predicted octanol–water partition coefficient (Wildman–Crippen LogP) is 2.36. The second-order valence-electron chi connectivity index (χ2n) is 9.82. The second-order valence-corrected chi connectivity index (χ2v) is 9.82. The maximum absolute atomic E-state index is 13.7. The number of hydrogen-bond donors (Lipinski definition) is 0. The van der Waals surface area contributed by atoms with Crippen molar-refractivity contribution in [2.24, 2.45) is 0 Å². The minimum absolute atomic E-state index is 0.0178. The summed E-state index contributed by atoms with van der Waals surface area (Å²) in [7, 11) is 3.12. The molecule has 2 heterocycles. The number of esters is 2. The van der Waals surface area contributed by atoms with E-state index in [2.05, 4.69) is 0 Å². The normalized spacial score (nSPS) is 19.7. The average Bonchev–Trinajstić information content (AvgIpc) is 3.28. The van der Waals surface area contributed by atoms with Crippen LogP contribution in [-0.4, -0.2) is 60.2 Å². The van der Waals surface area contributed by atoms with Gasteiger partial charge in [-0.05, 0) is 42.3 Å². The molecule has 1 aliphatic rings. The summed E-state index contributed by atoms with van der Waals surface area (Å²) in [6.45, 7) is 4.14. The number of carbonyl (C=O) groups excluding carboxylic acids is 2. The van der Waals surface area contributed by atoms with Gasteiger partial charge in [0.25, 0.3) is 5.56 Å². The van der Waals surface area contributed by atoms with Crippen LogP contribution in [0, 0.1) is 6.92 Å². The van der Waals surface area contributed by atoms with E-state index < -0.39 is 47.7 Å². The first-order valence-corrected chi connectivity index (χ1v) is 13.3. The lowest BCUT2D eigenvalue weighted by atomic mass is 10.1. The third-order valence-corrected chi connectivity index (χ3v) is 6.74. The topological polar surface area (TPSA) is 134 Å². The molecular formula is C30H34N2O10. The Morgan fingerprint density at radius 1 is 0.833 bits per heavy atom. The molecule has 1 fully saturated rings. The van der Waals surface area contributed by atoms with Crippen LogP contribution in [0.1, 0.15) is 36.8 Å². The largest absolute Gasteiger partial charge is 0.497 e. The van der Waals surface area contributed by atoms with Crippen LogP contribution in [-0.2, 0) is 41.7 Å². The molecule has 2 aromatic carbocycles. The van der Waals surface area contributed by atoms with Crippen LogP contribution in [0.4, 0.5) is 0 Å². The van der Waals surface area contributed by atoms with Gasteiger partial charge in [-0.15, -0.1) is 0 Å². The zero-order valence-electron chi connectivity index (χ0n) is 24.1. The lowest BCUT2D eigenvalue weighted by Crippen LogP contribution is -2.46. The highest BCUT2D eigenvalue weighted by molar-refractivity contribution is 5.67. The van der Waals surface area contributed by atoms with Crippen molar-refractivity contribution >= 4 is 11.9 Å². The predicted molar refractivity (Wildman–Crippen MR) is 149 cm³/mol. The van der Waals surface area contributed by atoms with Crippen LogP contribution in [0.2, 0.25) is 0 Å². The zero-order valence-corrected chi connectivity index (χ0v) is 24.1. The Morgan fingerprint density at radius 3 is 1.93 bits per heavy atom. The number of carbonyl (C=O) groups is 2. The maximum Gasteiger partial charge on any atom is 0.333 e. The van der Waals surface area contributed by atoms with Crippen molar-refractivity contribution in [3.8, 4) is 11.5 Å². The SMILES string of the molecule is COc1ccc(COC[C@H]2O[C@@H](n3cc(C)c(=O)n(Cc4ccc(OC)cc4)c3=O)[C@H](OC(C)=O)[C@@H]2OC(C)=O)cc1. The van der Waals surface area contributed by atoms with Gasteiger partial charge in [-0.3, -0.25) is 23.5 Å². The monoisotopic (exact) mass is 582 g/mol. The Kier molecular flexibility index (Phi) is 9.81. The van der Waals surface area contributed by atoms with Crippen LogP contribution in [0.5, 0.6) is 11.5 Å². The summed E-state index contributed by atoms with van der Waals surface area (Å²) < 4.78 is 35.8. The molecule has 4 rings (SSSR count). The van der Waals surface area contributed by atoms with Crippen LogP contribution in [0.15, 0.2) is 64.3 Å². The number of aromatic nitrogens is 2. The fourth-order valence-corrected chi connectivity index (χ4v) is 4.73. The first kappa shape index (κ1) is 30.5. The molecule has 12 nitrogen and oxygen atoms in total. The first-order valence-electron chi connectivity index (χ1n) is 13.3. The molecule has 0 aliphatic carbocycles. The van der Waals surface area contributed by atoms with Gasteiger partial charge in [-0.25, -0.2) is 4.79 Å². The number of hydrogen-bond acceptors (Lipinski definition) is 10. The van der Waals surface area contributed by atoms with Crippen LogP contribution < -0.4 is 20.7 Å². The Labute approximate surface area is 242 Å². The van der Waals surface area contributed by atoms with Crippen LogP contribution in [0.3, 0.4) is 0 Å². The lowest BCUT2D eigenvalue weighted by molar-refractivity contribution is -0.166. The standard InChI is InChI=1S/C30H34N2O10/c1-18-14-32(30(36)31(28(18)35)15-21-6-10-23(37-4)11-7-21)29-27(41-20(3)34)26(40-19(2)33)25(42-29)17-39-16-22-8-12-24(38-5)13-9-22/h6-14,25-27,29H,15-17H2,1-5H3/t25-,26-,27-,29-/m1/s1. The molecule has 0 amide bonds. The average molecular weight is 583 g/mol. The van der Waals surface area contributed by atoms with E-state index >= 15 is 0 Å². The zero-order chi connectivity index (χ0) is 30.4. The molecule has 3 aromatic rings. The third-order valence-electron chi connectivity index (χ3n) is 6.74. The quantitative estimate of drug-likeness (QED) is 0.310. The fourth-order valence-electron chi connectivity index (χ4n) is 4.73. The number of aryl methyl sites for hydroxylation is 1. The van der Waals surface area contributed by atoms with Gasteiger partial charge >= 0.3 is 17.6 Å². The molecule has 0 unspecified atom stereocenters. The molecule has 224 valence electrons. The number of nitrogens with zero attached hydrogens (tertiary/aromatic N) is 2. The summed E-state index contributed by atoms with van der Waals surface area (Å²) >= 11 is 0. The summed E-state index contributed by atoms with van der Waals surface area (Å²) in [5.74, 6) is 0.0402. The summed E-state index contributed by atoms with van der Waals surface area (Å²) in [4.78, 5) is 50.9. The van der Waals surface area contributed by atoms with Crippen molar-refractivity contribution in [1.82, 2.24) is 9.13 Å². The van der Waals surface area contributed by atoms with Crippen molar-refractivity contribution in [3.05, 3.63) is 92.3 Å². The molecule has 42 heavy (non-hydrogen) atoms. The smallest absolute Gasteiger partial charge is 0.333 e. The molecule has 12 heteroatoms. The van der Waals surface area contributed by atoms with Gasteiger partial charge in [0, 0.05) is 25.6 Å². The van der Waals surface area contributed by atoms with Gasteiger partial charge < -0.3 is 28.4 Å². The molecule has 0 N–H and O–H groups in total. The van der Waals surface area contributed by atoms with E-state index in [4.69, 9.17) is 28.4 Å². The van der Waals surface area contributed by atoms with Crippen molar-refractivity contribution in [2.45, 2.75) is 58.5 Å². The van der Waals surface area contributed by atoms with E-state index in [1.165, 1.54) is 24.6 Å². The minimum atomic E-state index is -1.21. The van der Waals surface area contributed by atoms with Gasteiger partial charge in [0.15, 0.2) is 18.4 Å². The Balaban J connectivity index is 1.65. The molecule has 1 aliphatic heterocycles. The van der Waals surface area contributed by atoms with Crippen LogP contribution >= 0.6 is 0 Å². The second kappa shape index (κ2) is 13.5. The maximum atomic E-state index is 13.7. The van der Waals surface area contributed by atoms with Gasteiger partial charge in [-0.2, -0.15) is 0 Å². The summed E-state index contributed by atoms with van der Waals surface area (Å²) in [6.07, 6.45) is -3.02. The number of benzene rings is 2. The summed E-state index contributed by atoms with van der Waals surface area (Å²) in [6, 6.07) is 14.2. The molecule has 4 atom stereocenters. The first-order chi connectivity index (χ1) is 20.1. The highest BCUT2D eigenvalue weighted by Crippen LogP contribution is 2.34. The highest BCUT2D eigenvalue weighted by Gasteiger charge is 2.50. The molecule has 0 spiro atoms. The van der Waals surface area contributed by atoms with Gasteiger partial charge in [-0.1, -0.05) is 24.3 Å². The van der Waals surface area contributed by atoms with Crippen molar-refractivity contribution in [3.63, 3.8) is 0 Å². The molecule has 0 radical (unpaired) electrons. The van der Waals surface area contributed by atoms with Gasteiger partial charge in [0.05, 0.1) is 34.0 Å². The molecule has 0 saturated carbocycles. The summed E-state index contributed by atoms with van der Waals surface area (Å²) in [5, 5.41) is 0. The minimum Gasteiger partial charge on any atom is -0.497 e. The van der Waals surface area contributed by atoms with Gasteiger partial charge in [0.2, 0.25) is 0 Å².